The minimum atomic E-state index is -0.212. The third-order valence-electron chi connectivity index (χ3n) is 4.71. The van der Waals surface area contributed by atoms with Crippen LogP contribution in [0.2, 0.25) is 5.02 Å². The first-order chi connectivity index (χ1) is 13.6. The van der Waals surface area contributed by atoms with E-state index in [9.17, 15) is 4.39 Å². The lowest BCUT2D eigenvalue weighted by atomic mass is 10.2. The predicted molar refractivity (Wildman–Crippen MR) is 112 cm³/mol. The Kier molecular flexibility index (Phi) is 5.30. The minimum Gasteiger partial charge on any atom is -0.368 e. The van der Waals surface area contributed by atoms with Crippen LogP contribution in [-0.4, -0.2) is 36.1 Å². The summed E-state index contributed by atoms with van der Waals surface area (Å²) in [6.07, 6.45) is 0. The van der Waals surface area contributed by atoms with Crippen LogP contribution in [0.25, 0.3) is 0 Å². The lowest BCUT2D eigenvalue weighted by molar-refractivity contribution is 0.623. The fraction of sp³-hybridized carbons (Fsp3) is 0.238. The normalized spacial score (nSPS) is 14.2. The zero-order valence-electron chi connectivity index (χ0n) is 15.6. The maximum atomic E-state index is 13.1. The van der Waals surface area contributed by atoms with Crippen LogP contribution in [0.15, 0.2) is 54.6 Å². The number of rotatable bonds is 4. The molecule has 0 saturated carbocycles. The Labute approximate surface area is 168 Å². The highest BCUT2D eigenvalue weighted by Crippen LogP contribution is 2.22. The van der Waals surface area contributed by atoms with Crippen LogP contribution in [0.5, 0.6) is 0 Å². The average molecular weight is 398 g/mol. The molecule has 0 unspecified atom stereocenters. The Hall–Kier alpha value is -2.86. The average Bonchev–Trinajstić information content (AvgIpc) is 2.70. The first-order valence-electron chi connectivity index (χ1n) is 9.20. The lowest BCUT2D eigenvalue weighted by Crippen LogP contribution is -2.47. The molecular weight excluding hydrogens is 377 g/mol. The van der Waals surface area contributed by atoms with E-state index in [0.717, 1.165) is 55.0 Å². The molecule has 1 N–H and O–H groups in total. The van der Waals surface area contributed by atoms with E-state index in [4.69, 9.17) is 11.6 Å². The molecule has 0 bridgehead atoms. The third kappa shape index (κ3) is 4.34. The molecule has 0 aliphatic carbocycles. The summed E-state index contributed by atoms with van der Waals surface area (Å²) in [6, 6.07) is 16.1. The molecule has 3 aromatic rings. The van der Waals surface area contributed by atoms with Crippen molar-refractivity contribution in [2.24, 2.45) is 0 Å². The first kappa shape index (κ1) is 18.5. The summed E-state index contributed by atoms with van der Waals surface area (Å²) in [5, 5.41) is 4.01. The van der Waals surface area contributed by atoms with Crippen molar-refractivity contribution in [3.63, 3.8) is 0 Å². The van der Waals surface area contributed by atoms with E-state index in [1.165, 1.54) is 12.1 Å². The summed E-state index contributed by atoms with van der Waals surface area (Å²) in [6.45, 7) is 5.25. The van der Waals surface area contributed by atoms with Gasteiger partial charge in [0.05, 0.1) is 0 Å². The van der Waals surface area contributed by atoms with Gasteiger partial charge in [-0.3, -0.25) is 0 Å². The zero-order chi connectivity index (χ0) is 19.5. The van der Waals surface area contributed by atoms with E-state index in [1.54, 1.807) is 0 Å². The Morgan fingerprint density at radius 2 is 1.54 bits per heavy atom. The lowest BCUT2D eigenvalue weighted by Gasteiger charge is -2.36. The molecule has 1 aliphatic rings. The largest absolute Gasteiger partial charge is 0.368 e. The SMILES string of the molecule is Cc1cc(Nc2ccc(Cl)cc2)nc(N2CCN(c3ccc(F)cc3)CC2)n1. The van der Waals surface area contributed by atoms with E-state index in [0.29, 0.717) is 5.02 Å². The molecule has 1 aromatic heterocycles. The van der Waals surface area contributed by atoms with Crippen LogP contribution in [0, 0.1) is 12.7 Å². The number of nitrogens with one attached hydrogen (secondary N) is 1. The van der Waals surface area contributed by atoms with Crippen molar-refractivity contribution in [1.82, 2.24) is 9.97 Å². The van der Waals surface area contributed by atoms with Crippen molar-refractivity contribution >= 4 is 34.7 Å². The van der Waals surface area contributed by atoms with Crippen molar-refractivity contribution in [3.05, 3.63) is 71.1 Å². The summed E-state index contributed by atoms with van der Waals surface area (Å²) in [5.41, 5.74) is 2.87. The molecular formula is C21H21ClFN5. The molecule has 0 radical (unpaired) electrons. The van der Waals surface area contributed by atoms with Gasteiger partial charge in [0, 0.05) is 54.3 Å². The fourth-order valence-electron chi connectivity index (χ4n) is 3.26. The molecule has 0 atom stereocenters. The van der Waals surface area contributed by atoms with Gasteiger partial charge in [-0.15, -0.1) is 0 Å². The van der Waals surface area contributed by atoms with Crippen molar-refractivity contribution in [3.8, 4) is 0 Å². The summed E-state index contributed by atoms with van der Waals surface area (Å²) < 4.78 is 13.1. The van der Waals surface area contributed by atoms with Gasteiger partial charge in [-0.25, -0.2) is 9.37 Å². The minimum absolute atomic E-state index is 0.212. The molecule has 28 heavy (non-hydrogen) atoms. The van der Waals surface area contributed by atoms with Gasteiger partial charge in [-0.1, -0.05) is 11.6 Å². The number of anilines is 4. The van der Waals surface area contributed by atoms with E-state index in [2.05, 4.69) is 25.1 Å². The van der Waals surface area contributed by atoms with Crippen molar-refractivity contribution < 1.29 is 4.39 Å². The van der Waals surface area contributed by atoms with Crippen molar-refractivity contribution in [2.75, 3.05) is 41.3 Å². The summed E-state index contributed by atoms with van der Waals surface area (Å²) >= 11 is 5.95. The second-order valence-corrected chi connectivity index (χ2v) is 7.21. The second-order valence-electron chi connectivity index (χ2n) is 6.78. The van der Waals surface area contributed by atoms with E-state index in [-0.39, 0.29) is 5.82 Å². The topological polar surface area (TPSA) is 44.3 Å². The van der Waals surface area contributed by atoms with Crippen molar-refractivity contribution in [1.29, 1.82) is 0 Å². The van der Waals surface area contributed by atoms with Crippen LogP contribution in [0.3, 0.4) is 0 Å². The Morgan fingerprint density at radius 3 is 2.21 bits per heavy atom. The third-order valence-corrected chi connectivity index (χ3v) is 4.97. The maximum Gasteiger partial charge on any atom is 0.227 e. The molecule has 4 rings (SSSR count). The number of halogens is 2. The van der Waals surface area contributed by atoms with Gasteiger partial charge in [0.1, 0.15) is 11.6 Å². The number of nitrogens with zero attached hydrogens (tertiary/aromatic N) is 4. The molecule has 1 aliphatic heterocycles. The molecule has 144 valence electrons. The molecule has 7 heteroatoms. The highest BCUT2D eigenvalue weighted by atomic mass is 35.5. The van der Waals surface area contributed by atoms with E-state index >= 15 is 0 Å². The molecule has 0 spiro atoms. The summed E-state index contributed by atoms with van der Waals surface area (Å²) in [7, 11) is 0. The molecule has 1 fully saturated rings. The van der Waals surface area contributed by atoms with Crippen LogP contribution >= 0.6 is 11.6 Å². The monoisotopic (exact) mass is 397 g/mol. The van der Waals surface area contributed by atoms with Gasteiger partial charge in [-0.2, -0.15) is 4.98 Å². The number of aromatic nitrogens is 2. The van der Waals surface area contributed by atoms with Crippen molar-refractivity contribution in [2.45, 2.75) is 6.92 Å². The van der Waals surface area contributed by atoms with E-state index < -0.39 is 0 Å². The summed E-state index contributed by atoms with van der Waals surface area (Å²) in [5.74, 6) is 1.26. The maximum absolute atomic E-state index is 13.1. The summed E-state index contributed by atoms with van der Waals surface area (Å²) in [4.78, 5) is 13.7. The second kappa shape index (κ2) is 8.02. The van der Waals surface area contributed by atoms with Gasteiger partial charge in [0.25, 0.3) is 0 Å². The van der Waals surface area contributed by atoms with Crippen LogP contribution in [0.4, 0.5) is 27.5 Å². The number of piperazine rings is 1. The molecule has 2 heterocycles. The number of hydrogen-bond donors (Lipinski definition) is 1. The van der Waals surface area contributed by atoms with Gasteiger partial charge < -0.3 is 15.1 Å². The van der Waals surface area contributed by atoms with Gasteiger partial charge in [0.15, 0.2) is 0 Å². The molecule has 0 amide bonds. The molecule has 1 saturated heterocycles. The molecule has 5 nitrogen and oxygen atoms in total. The Balaban J connectivity index is 1.45. The van der Waals surface area contributed by atoms with Gasteiger partial charge >= 0.3 is 0 Å². The Bertz CT molecular complexity index is 938. The first-order valence-corrected chi connectivity index (χ1v) is 9.58. The quantitative estimate of drug-likeness (QED) is 0.694. The predicted octanol–water partition coefficient (Wildman–Crippen LogP) is 4.65. The zero-order valence-corrected chi connectivity index (χ0v) is 16.3. The van der Waals surface area contributed by atoms with E-state index in [1.807, 2.05) is 49.4 Å². The Morgan fingerprint density at radius 1 is 0.893 bits per heavy atom. The van der Waals surface area contributed by atoms with Gasteiger partial charge in [-0.05, 0) is 55.5 Å². The standard InChI is InChI=1S/C21H21ClFN5/c1-15-14-20(25-18-6-2-16(22)3-7-18)26-21(24-15)28-12-10-27(11-13-28)19-8-4-17(23)5-9-19/h2-9,14H,10-13H2,1H3,(H,24,25,26). The molecule has 2 aromatic carbocycles. The highest BCUT2D eigenvalue weighted by molar-refractivity contribution is 6.30. The van der Waals surface area contributed by atoms with Gasteiger partial charge in [0.2, 0.25) is 5.95 Å². The highest BCUT2D eigenvalue weighted by Gasteiger charge is 2.20. The van der Waals surface area contributed by atoms with Crippen LogP contribution < -0.4 is 15.1 Å². The number of benzene rings is 2. The van der Waals surface area contributed by atoms with Crippen LogP contribution in [-0.2, 0) is 0 Å². The van der Waals surface area contributed by atoms with Crippen LogP contribution in [0.1, 0.15) is 5.69 Å². The number of hydrogen-bond acceptors (Lipinski definition) is 5. The number of aryl methyl sites for hydroxylation is 1. The fourth-order valence-corrected chi connectivity index (χ4v) is 3.38. The smallest absolute Gasteiger partial charge is 0.227 e.